The molecule has 2 bridgehead atoms. The highest BCUT2D eigenvalue weighted by Gasteiger charge is 2.29. The lowest BCUT2D eigenvalue weighted by Crippen LogP contribution is -2.35. The van der Waals surface area contributed by atoms with E-state index in [1.807, 2.05) is 22.6 Å². The van der Waals surface area contributed by atoms with Gasteiger partial charge in [0.1, 0.15) is 11.6 Å². The van der Waals surface area contributed by atoms with Crippen molar-refractivity contribution in [3.63, 3.8) is 0 Å². The summed E-state index contributed by atoms with van der Waals surface area (Å²) in [5.74, 6) is -0.830. The Kier molecular flexibility index (Phi) is 5.62. The molecule has 0 aliphatic carbocycles. The quantitative estimate of drug-likeness (QED) is 0.590. The first-order valence-electron chi connectivity index (χ1n) is 6.74. The molecule has 2 heterocycles. The van der Waals surface area contributed by atoms with Crippen LogP contribution in [0.5, 0.6) is 0 Å². The molecular formula is C14H18ClF2IN2. The minimum absolute atomic E-state index is 0. The monoisotopic (exact) mass is 414 g/mol. The maximum absolute atomic E-state index is 14.0. The maximum Gasteiger partial charge on any atom is 0.143 e. The van der Waals surface area contributed by atoms with Crippen molar-refractivity contribution in [1.82, 2.24) is 10.2 Å². The van der Waals surface area contributed by atoms with Crippen LogP contribution >= 0.6 is 35.0 Å². The van der Waals surface area contributed by atoms with Crippen LogP contribution in [-0.2, 0) is 6.54 Å². The van der Waals surface area contributed by atoms with Gasteiger partial charge in [0, 0.05) is 40.9 Å². The molecule has 1 N–H and O–H groups in total. The Labute approximate surface area is 137 Å². The molecule has 2 unspecified atom stereocenters. The third-order valence-electron chi connectivity index (χ3n) is 4.13. The van der Waals surface area contributed by atoms with Gasteiger partial charge < -0.3 is 5.32 Å². The van der Waals surface area contributed by atoms with Gasteiger partial charge in [-0.3, -0.25) is 4.90 Å². The number of nitrogens with one attached hydrogen (secondary N) is 1. The van der Waals surface area contributed by atoms with Gasteiger partial charge in [-0.15, -0.1) is 12.4 Å². The minimum Gasteiger partial charge on any atom is -0.310 e. The van der Waals surface area contributed by atoms with Crippen LogP contribution in [0.1, 0.15) is 24.8 Å². The standard InChI is InChI=1S/C14H17F2IN2.ClH/c15-12-3-4-13(17)14(16)11(12)8-19-6-5-9-1-2-10(7-19)18-9;/h3-4,9-10,18H,1-2,5-8H2;1H. The Bertz CT molecular complexity index is 486. The highest BCUT2D eigenvalue weighted by molar-refractivity contribution is 14.1. The molecule has 2 nitrogen and oxygen atoms in total. The molecule has 2 aliphatic rings. The molecule has 2 saturated heterocycles. The number of hydrogen-bond donors (Lipinski definition) is 1. The van der Waals surface area contributed by atoms with Crippen LogP contribution in [0.2, 0.25) is 0 Å². The van der Waals surface area contributed by atoms with Gasteiger partial charge in [0.05, 0.1) is 0 Å². The van der Waals surface area contributed by atoms with E-state index in [1.54, 1.807) is 0 Å². The first-order valence-corrected chi connectivity index (χ1v) is 7.82. The molecule has 0 amide bonds. The van der Waals surface area contributed by atoms with Gasteiger partial charge in [0.2, 0.25) is 0 Å². The molecule has 2 aliphatic heterocycles. The summed E-state index contributed by atoms with van der Waals surface area (Å²) in [7, 11) is 0. The van der Waals surface area contributed by atoms with Crippen LogP contribution in [0.3, 0.4) is 0 Å². The van der Waals surface area contributed by atoms with E-state index >= 15 is 0 Å². The van der Waals surface area contributed by atoms with E-state index in [-0.39, 0.29) is 18.0 Å². The molecule has 3 rings (SSSR count). The fraction of sp³-hybridized carbons (Fsp3) is 0.571. The molecule has 1 aromatic rings. The van der Waals surface area contributed by atoms with Crippen LogP contribution in [0.4, 0.5) is 8.78 Å². The van der Waals surface area contributed by atoms with Crippen LogP contribution in [0.25, 0.3) is 0 Å². The van der Waals surface area contributed by atoms with Gasteiger partial charge in [0.25, 0.3) is 0 Å². The summed E-state index contributed by atoms with van der Waals surface area (Å²) in [5.41, 5.74) is 0.213. The van der Waals surface area contributed by atoms with Crippen molar-refractivity contribution >= 4 is 35.0 Å². The molecule has 112 valence electrons. The van der Waals surface area contributed by atoms with E-state index in [2.05, 4.69) is 10.2 Å². The Morgan fingerprint density at radius 2 is 1.95 bits per heavy atom. The van der Waals surface area contributed by atoms with E-state index in [0.29, 0.717) is 22.2 Å². The number of fused-ring (bicyclic) bond motifs is 2. The van der Waals surface area contributed by atoms with E-state index in [0.717, 1.165) is 19.5 Å². The van der Waals surface area contributed by atoms with Crippen LogP contribution in [0, 0.1) is 15.2 Å². The van der Waals surface area contributed by atoms with Crippen molar-refractivity contribution in [2.24, 2.45) is 0 Å². The van der Waals surface area contributed by atoms with Gasteiger partial charge in [-0.25, -0.2) is 8.78 Å². The zero-order valence-electron chi connectivity index (χ0n) is 11.0. The molecule has 2 fully saturated rings. The number of benzene rings is 1. The zero-order valence-corrected chi connectivity index (χ0v) is 14.0. The van der Waals surface area contributed by atoms with E-state index < -0.39 is 11.6 Å². The van der Waals surface area contributed by atoms with E-state index in [4.69, 9.17) is 0 Å². The number of hydrogen-bond acceptors (Lipinski definition) is 2. The molecule has 6 heteroatoms. The Morgan fingerprint density at radius 3 is 2.75 bits per heavy atom. The largest absolute Gasteiger partial charge is 0.310 e. The van der Waals surface area contributed by atoms with Crippen LogP contribution in [0.15, 0.2) is 12.1 Å². The topological polar surface area (TPSA) is 15.3 Å². The molecular weight excluding hydrogens is 397 g/mol. The second-order valence-corrected chi connectivity index (χ2v) is 6.65. The van der Waals surface area contributed by atoms with E-state index in [9.17, 15) is 8.78 Å². The van der Waals surface area contributed by atoms with Gasteiger partial charge in [-0.05, 0) is 54.0 Å². The SMILES string of the molecule is Cl.Fc1ccc(I)c(F)c1CN1CCC2CCC(C1)N2. The fourth-order valence-electron chi connectivity index (χ4n) is 3.10. The predicted octanol–water partition coefficient (Wildman–Crippen LogP) is 3.32. The van der Waals surface area contributed by atoms with Crippen molar-refractivity contribution in [1.29, 1.82) is 0 Å². The molecule has 0 saturated carbocycles. The van der Waals surface area contributed by atoms with Gasteiger partial charge in [-0.1, -0.05) is 0 Å². The van der Waals surface area contributed by atoms with Crippen LogP contribution < -0.4 is 5.32 Å². The smallest absolute Gasteiger partial charge is 0.143 e. The molecule has 0 radical (unpaired) electrons. The van der Waals surface area contributed by atoms with Gasteiger partial charge in [-0.2, -0.15) is 0 Å². The lowest BCUT2D eigenvalue weighted by atomic mass is 10.1. The van der Waals surface area contributed by atoms with Crippen molar-refractivity contribution in [3.05, 3.63) is 32.9 Å². The lowest BCUT2D eigenvalue weighted by molar-refractivity contribution is 0.244. The third-order valence-corrected chi connectivity index (χ3v) is 4.96. The summed E-state index contributed by atoms with van der Waals surface area (Å²) < 4.78 is 28.3. The Morgan fingerprint density at radius 1 is 1.20 bits per heavy atom. The van der Waals surface area contributed by atoms with Gasteiger partial charge in [0.15, 0.2) is 0 Å². The average Bonchev–Trinajstić information content (AvgIpc) is 2.72. The number of halogens is 4. The first-order chi connectivity index (χ1) is 9.13. The second-order valence-electron chi connectivity index (χ2n) is 5.48. The first kappa shape index (κ1) is 16.4. The summed E-state index contributed by atoms with van der Waals surface area (Å²) in [5, 5.41) is 3.58. The normalized spacial score (nSPS) is 26.1. The zero-order chi connectivity index (χ0) is 13.4. The number of rotatable bonds is 2. The molecule has 20 heavy (non-hydrogen) atoms. The van der Waals surface area contributed by atoms with E-state index in [1.165, 1.54) is 25.0 Å². The second kappa shape index (κ2) is 6.85. The van der Waals surface area contributed by atoms with Crippen molar-refractivity contribution in [3.8, 4) is 0 Å². The Balaban J connectivity index is 0.00000147. The van der Waals surface area contributed by atoms with Crippen molar-refractivity contribution < 1.29 is 8.78 Å². The summed E-state index contributed by atoms with van der Waals surface area (Å²) in [4.78, 5) is 2.17. The highest BCUT2D eigenvalue weighted by atomic mass is 127. The molecule has 1 aromatic carbocycles. The predicted molar refractivity (Wildman–Crippen MR) is 86.2 cm³/mol. The minimum atomic E-state index is -0.430. The summed E-state index contributed by atoms with van der Waals surface area (Å²) in [6.45, 7) is 2.18. The highest BCUT2D eigenvalue weighted by Crippen LogP contribution is 2.24. The maximum atomic E-state index is 14.0. The molecule has 0 spiro atoms. The van der Waals surface area contributed by atoms with Gasteiger partial charge >= 0.3 is 0 Å². The summed E-state index contributed by atoms with van der Waals surface area (Å²) in [6, 6.07) is 3.94. The third kappa shape index (κ3) is 3.43. The van der Waals surface area contributed by atoms with Crippen LogP contribution in [-0.4, -0.2) is 30.1 Å². The van der Waals surface area contributed by atoms with Crippen molar-refractivity contribution in [2.45, 2.75) is 37.9 Å². The fourth-order valence-corrected chi connectivity index (χ4v) is 3.60. The summed E-state index contributed by atoms with van der Waals surface area (Å²) >= 11 is 1.91. The van der Waals surface area contributed by atoms with Crippen molar-refractivity contribution in [2.75, 3.05) is 13.1 Å². The number of nitrogens with zero attached hydrogens (tertiary/aromatic N) is 1. The Hall–Kier alpha value is 0.0200. The molecule has 0 aromatic heterocycles. The number of likely N-dealkylation sites (tertiary alicyclic amines) is 1. The molecule has 2 atom stereocenters. The lowest BCUT2D eigenvalue weighted by Gasteiger charge is -2.24. The average molecular weight is 415 g/mol. The summed E-state index contributed by atoms with van der Waals surface area (Å²) in [6.07, 6.45) is 3.49.